The van der Waals surface area contributed by atoms with Crippen LogP contribution in [-0.2, 0) is 30.5 Å². The van der Waals surface area contributed by atoms with Crippen molar-refractivity contribution in [2.24, 2.45) is 0 Å². The molecule has 2 unspecified atom stereocenters. The Labute approximate surface area is 230 Å². The molecule has 0 radical (unpaired) electrons. The summed E-state index contributed by atoms with van der Waals surface area (Å²) in [6.07, 6.45) is -10.0. The van der Waals surface area contributed by atoms with Gasteiger partial charge in [0.1, 0.15) is 18.1 Å². The predicted molar refractivity (Wildman–Crippen MR) is 135 cm³/mol. The average molecular weight is 609 g/mol. The SMILES string of the molecule is COCCOCCOc1ccc([S+](c2ccccc2)c2ccc(OC(C(F)(F)F)C(F)(F)S(=O)(=O)[O-])cc2)cc1. The highest BCUT2D eigenvalue weighted by Gasteiger charge is 2.62. The molecule has 218 valence electrons. The molecule has 0 aliphatic rings. The molecule has 3 rings (SSSR count). The van der Waals surface area contributed by atoms with Crippen molar-refractivity contribution in [3.63, 3.8) is 0 Å². The van der Waals surface area contributed by atoms with Crippen LogP contribution in [0.1, 0.15) is 0 Å². The first-order valence-electron chi connectivity index (χ1n) is 11.6. The molecule has 0 aliphatic carbocycles. The summed E-state index contributed by atoms with van der Waals surface area (Å²) in [6, 6.07) is 21.1. The van der Waals surface area contributed by atoms with Gasteiger partial charge in [-0.05, 0) is 60.7 Å². The van der Waals surface area contributed by atoms with Gasteiger partial charge in [0.25, 0.3) is 6.10 Å². The second kappa shape index (κ2) is 13.6. The van der Waals surface area contributed by atoms with Gasteiger partial charge in [-0.2, -0.15) is 22.0 Å². The number of ether oxygens (including phenoxy) is 4. The maximum Gasteiger partial charge on any atom is 0.432 e. The van der Waals surface area contributed by atoms with Gasteiger partial charge in [-0.15, -0.1) is 0 Å². The molecule has 0 aromatic heterocycles. The highest BCUT2D eigenvalue weighted by atomic mass is 32.2. The van der Waals surface area contributed by atoms with Crippen LogP contribution in [0.4, 0.5) is 22.0 Å². The van der Waals surface area contributed by atoms with E-state index in [1.54, 1.807) is 19.2 Å². The number of hydrogen-bond donors (Lipinski definition) is 0. The molecule has 0 heterocycles. The average Bonchev–Trinajstić information content (AvgIpc) is 2.90. The minimum Gasteiger partial charge on any atom is -0.743 e. The summed E-state index contributed by atoms with van der Waals surface area (Å²) >= 11 is 0. The lowest BCUT2D eigenvalue weighted by Gasteiger charge is -2.30. The van der Waals surface area contributed by atoms with E-state index in [0.29, 0.717) is 37.1 Å². The van der Waals surface area contributed by atoms with Crippen molar-refractivity contribution in [2.75, 3.05) is 33.5 Å². The molecule has 14 heteroatoms. The molecule has 0 fully saturated rings. The largest absolute Gasteiger partial charge is 0.743 e. The summed E-state index contributed by atoms with van der Waals surface area (Å²) in [7, 11) is -5.86. The second-order valence-electron chi connectivity index (χ2n) is 8.07. The van der Waals surface area contributed by atoms with Crippen LogP contribution < -0.4 is 9.47 Å². The van der Waals surface area contributed by atoms with E-state index in [0.717, 1.165) is 21.9 Å². The molecule has 0 bridgehead atoms. The Bertz CT molecular complexity index is 1300. The summed E-state index contributed by atoms with van der Waals surface area (Å²) in [5.74, 6) is -0.102. The highest BCUT2D eigenvalue weighted by Crippen LogP contribution is 2.39. The smallest absolute Gasteiger partial charge is 0.432 e. The van der Waals surface area contributed by atoms with Crippen molar-refractivity contribution in [3.05, 3.63) is 78.9 Å². The monoisotopic (exact) mass is 608 g/mol. The Kier molecular flexibility index (Phi) is 10.8. The van der Waals surface area contributed by atoms with Crippen LogP contribution in [0.3, 0.4) is 0 Å². The molecule has 0 aliphatic heterocycles. The molecule has 7 nitrogen and oxygen atoms in total. The topological polar surface area (TPSA) is 94.1 Å². The van der Waals surface area contributed by atoms with Crippen LogP contribution in [0.5, 0.6) is 11.5 Å². The summed E-state index contributed by atoms with van der Waals surface area (Å²) in [6.45, 7) is 1.61. The zero-order chi connectivity index (χ0) is 29.4. The lowest BCUT2D eigenvalue weighted by Crippen LogP contribution is -2.53. The van der Waals surface area contributed by atoms with Crippen molar-refractivity contribution in [3.8, 4) is 11.5 Å². The summed E-state index contributed by atoms with van der Waals surface area (Å²) in [5, 5.41) is -5.74. The summed E-state index contributed by atoms with van der Waals surface area (Å²) in [4.78, 5) is 2.28. The van der Waals surface area contributed by atoms with Gasteiger partial charge < -0.3 is 23.5 Å². The first kappa shape index (κ1) is 31.6. The molecule has 2 atom stereocenters. The van der Waals surface area contributed by atoms with Crippen LogP contribution in [0.15, 0.2) is 93.5 Å². The molecule has 0 N–H and O–H groups in total. The quantitative estimate of drug-likeness (QED) is 0.107. The second-order valence-corrected chi connectivity index (χ2v) is 11.6. The lowest BCUT2D eigenvalue weighted by atomic mass is 10.3. The molecule has 0 saturated heterocycles. The third kappa shape index (κ3) is 8.30. The molecular formula is C26H25F5O7S2. The van der Waals surface area contributed by atoms with Gasteiger partial charge >= 0.3 is 11.4 Å². The number of benzene rings is 3. The van der Waals surface area contributed by atoms with Crippen molar-refractivity contribution in [1.29, 1.82) is 0 Å². The van der Waals surface area contributed by atoms with Gasteiger partial charge in [-0.3, -0.25) is 0 Å². The molecule has 40 heavy (non-hydrogen) atoms. The van der Waals surface area contributed by atoms with Crippen molar-refractivity contribution in [1.82, 2.24) is 0 Å². The van der Waals surface area contributed by atoms with E-state index in [1.807, 2.05) is 42.5 Å². The number of alkyl halides is 5. The highest BCUT2D eigenvalue weighted by molar-refractivity contribution is 7.97. The van der Waals surface area contributed by atoms with Gasteiger partial charge in [0, 0.05) is 7.11 Å². The van der Waals surface area contributed by atoms with E-state index in [9.17, 15) is 34.9 Å². The lowest BCUT2D eigenvalue weighted by molar-refractivity contribution is -0.239. The first-order valence-corrected chi connectivity index (χ1v) is 14.2. The third-order valence-electron chi connectivity index (χ3n) is 5.22. The van der Waals surface area contributed by atoms with E-state index in [2.05, 4.69) is 4.74 Å². The number of rotatable bonds is 14. The Morgan fingerprint density at radius 1 is 0.750 bits per heavy atom. The van der Waals surface area contributed by atoms with E-state index < -0.39 is 44.3 Å². The van der Waals surface area contributed by atoms with Gasteiger partial charge in [-0.1, -0.05) is 18.2 Å². The van der Waals surface area contributed by atoms with Gasteiger partial charge in [0.2, 0.25) is 0 Å². The molecule has 3 aromatic rings. The van der Waals surface area contributed by atoms with Gasteiger partial charge in [-0.25, -0.2) is 8.42 Å². The molecule has 0 spiro atoms. The van der Waals surface area contributed by atoms with Crippen LogP contribution >= 0.6 is 0 Å². The maximum absolute atomic E-state index is 13.8. The molecular weight excluding hydrogens is 583 g/mol. The third-order valence-corrected chi connectivity index (χ3v) is 8.33. The molecule has 0 saturated carbocycles. The maximum atomic E-state index is 13.8. The Balaban J connectivity index is 1.83. The van der Waals surface area contributed by atoms with Gasteiger partial charge in [0.05, 0.1) is 30.7 Å². The van der Waals surface area contributed by atoms with Crippen molar-refractivity contribution in [2.45, 2.75) is 32.2 Å². The summed E-state index contributed by atoms with van der Waals surface area (Å²) in [5.41, 5.74) is 0. The minimum absolute atomic E-state index is 0.320. The zero-order valence-electron chi connectivity index (χ0n) is 21.0. The van der Waals surface area contributed by atoms with Crippen LogP contribution in [0.25, 0.3) is 0 Å². The van der Waals surface area contributed by atoms with E-state index in [4.69, 9.17) is 14.2 Å². The first-order chi connectivity index (χ1) is 18.8. The fourth-order valence-corrected chi connectivity index (χ4v) is 5.85. The van der Waals surface area contributed by atoms with E-state index in [-0.39, 0.29) is 0 Å². The number of hydrogen-bond acceptors (Lipinski definition) is 7. The predicted octanol–water partition coefficient (Wildman–Crippen LogP) is 5.27. The fraction of sp³-hybridized carbons (Fsp3) is 0.308. The van der Waals surface area contributed by atoms with Crippen molar-refractivity contribution < 1.29 is 53.9 Å². The summed E-state index contributed by atoms with van der Waals surface area (Å²) < 4.78 is 120. The van der Waals surface area contributed by atoms with E-state index >= 15 is 0 Å². The molecule has 0 amide bonds. The Morgan fingerprint density at radius 3 is 1.75 bits per heavy atom. The van der Waals surface area contributed by atoms with Crippen LogP contribution in [0, 0.1) is 0 Å². The zero-order valence-corrected chi connectivity index (χ0v) is 22.6. The Morgan fingerprint density at radius 2 is 1.25 bits per heavy atom. The molecule has 3 aromatic carbocycles. The fourth-order valence-electron chi connectivity index (χ4n) is 3.35. The Hall–Kier alpha value is -2.91. The van der Waals surface area contributed by atoms with Crippen molar-refractivity contribution >= 4 is 21.0 Å². The van der Waals surface area contributed by atoms with Crippen LogP contribution in [0.2, 0.25) is 0 Å². The normalized spacial score (nSPS) is 14.0. The minimum atomic E-state index is -6.66. The number of methoxy groups -OCH3 is 1. The number of halogens is 5. The van der Waals surface area contributed by atoms with Gasteiger partial charge in [0.15, 0.2) is 24.8 Å². The standard InChI is InChI=1S/C26H25F5O7S2/c1-35-15-16-36-17-18-37-19-7-11-22(12-8-19)39(21-5-3-2-4-6-21)23-13-9-20(10-14-23)38-24(25(27,28)29)26(30,31)40(32,33)34/h2-14,24H,15-18H2,1H3. The van der Waals surface area contributed by atoms with E-state index in [1.165, 1.54) is 12.1 Å². The van der Waals surface area contributed by atoms with Crippen LogP contribution in [-0.4, -0.2) is 64.0 Å².